The minimum Gasteiger partial charge on any atom is -0.388 e. The Balaban J connectivity index is 2.41. The zero-order valence-electron chi connectivity index (χ0n) is 9.16. The van der Waals surface area contributed by atoms with Crippen molar-refractivity contribution in [3.63, 3.8) is 0 Å². The average molecular weight is 218 g/mol. The lowest BCUT2D eigenvalue weighted by Gasteiger charge is -2.02. The van der Waals surface area contributed by atoms with Crippen molar-refractivity contribution in [2.45, 2.75) is 13.8 Å². The van der Waals surface area contributed by atoms with Crippen molar-refractivity contribution in [2.24, 2.45) is 0 Å². The summed E-state index contributed by atoms with van der Waals surface area (Å²) < 4.78 is 0. The van der Waals surface area contributed by atoms with Gasteiger partial charge in [-0.1, -0.05) is 12.1 Å². The predicted molar refractivity (Wildman–Crippen MR) is 66.6 cm³/mol. The molecule has 0 aliphatic heterocycles. The topological polar surface area (TPSA) is 24.9 Å². The average Bonchev–Trinajstić information content (AvgIpc) is 2.58. The maximum atomic E-state index is 4.43. The smallest absolute Gasteiger partial charge is 0.0903 e. The van der Waals surface area contributed by atoms with Crippen LogP contribution in [0.2, 0.25) is 0 Å². The summed E-state index contributed by atoms with van der Waals surface area (Å²) in [5.74, 6) is 0. The van der Waals surface area contributed by atoms with Gasteiger partial charge in [-0.3, -0.25) is 0 Å². The van der Waals surface area contributed by atoms with Crippen molar-refractivity contribution in [3.8, 4) is 10.4 Å². The monoisotopic (exact) mass is 218 g/mol. The first-order valence-corrected chi connectivity index (χ1v) is 5.74. The summed E-state index contributed by atoms with van der Waals surface area (Å²) in [4.78, 5) is 5.71. The second-order valence-corrected chi connectivity index (χ2v) is 4.68. The van der Waals surface area contributed by atoms with Crippen molar-refractivity contribution in [2.75, 3.05) is 12.4 Å². The van der Waals surface area contributed by atoms with Crippen LogP contribution >= 0.6 is 11.3 Å². The largest absolute Gasteiger partial charge is 0.388 e. The van der Waals surface area contributed by atoms with E-state index in [0.717, 1.165) is 16.4 Å². The van der Waals surface area contributed by atoms with Crippen LogP contribution in [0, 0.1) is 13.8 Å². The lowest BCUT2D eigenvalue weighted by Crippen LogP contribution is -1.86. The molecule has 2 rings (SSSR count). The number of thiazole rings is 1. The Hall–Kier alpha value is -1.35. The molecule has 1 aromatic carbocycles. The molecule has 2 nitrogen and oxygen atoms in total. The highest BCUT2D eigenvalue weighted by Gasteiger charge is 2.06. The SMILES string of the molecule is CNc1ccc(-c2sc(C)nc2C)cc1. The highest BCUT2D eigenvalue weighted by atomic mass is 32.1. The molecule has 78 valence electrons. The summed E-state index contributed by atoms with van der Waals surface area (Å²) in [6.07, 6.45) is 0. The Morgan fingerprint density at radius 2 is 1.80 bits per heavy atom. The quantitative estimate of drug-likeness (QED) is 0.835. The summed E-state index contributed by atoms with van der Waals surface area (Å²) in [6, 6.07) is 8.44. The van der Waals surface area contributed by atoms with Crippen LogP contribution < -0.4 is 5.32 Å². The number of rotatable bonds is 2. The van der Waals surface area contributed by atoms with Gasteiger partial charge < -0.3 is 5.32 Å². The van der Waals surface area contributed by atoms with E-state index in [0.29, 0.717) is 0 Å². The number of hydrogen-bond donors (Lipinski definition) is 1. The van der Waals surface area contributed by atoms with E-state index in [1.165, 1.54) is 10.4 Å². The van der Waals surface area contributed by atoms with Gasteiger partial charge >= 0.3 is 0 Å². The van der Waals surface area contributed by atoms with E-state index in [1.807, 2.05) is 14.0 Å². The Bertz CT molecular complexity index is 457. The summed E-state index contributed by atoms with van der Waals surface area (Å²) in [7, 11) is 1.93. The van der Waals surface area contributed by atoms with E-state index < -0.39 is 0 Å². The summed E-state index contributed by atoms with van der Waals surface area (Å²) in [6.45, 7) is 4.11. The third kappa shape index (κ3) is 2.02. The minimum absolute atomic E-state index is 1.12. The fourth-order valence-electron chi connectivity index (χ4n) is 1.59. The fraction of sp³-hybridized carbons (Fsp3) is 0.250. The first-order chi connectivity index (χ1) is 7.20. The second kappa shape index (κ2) is 4.03. The molecule has 0 unspecified atom stereocenters. The van der Waals surface area contributed by atoms with Crippen LogP contribution in [0.3, 0.4) is 0 Å². The molecule has 0 bridgehead atoms. The number of benzene rings is 1. The van der Waals surface area contributed by atoms with Gasteiger partial charge in [0.2, 0.25) is 0 Å². The molecule has 3 heteroatoms. The van der Waals surface area contributed by atoms with E-state index in [2.05, 4.69) is 41.5 Å². The zero-order chi connectivity index (χ0) is 10.8. The van der Waals surface area contributed by atoms with Crippen molar-refractivity contribution in [1.29, 1.82) is 0 Å². The molecule has 0 saturated carbocycles. The molecule has 0 saturated heterocycles. The Labute approximate surface area is 94.0 Å². The van der Waals surface area contributed by atoms with Crippen LogP contribution in [0.4, 0.5) is 5.69 Å². The molecule has 0 fully saturated rings. The van der Waals surface area contributed by atoms with Crippen molar-refractivity contribution in [1.82, 2.24) is 4.98 Å². The molecule has 0 radical (unpaired) electrons. The highest BCUT2D eigenvalue weighted by molar-refractivity contribution is 7.15. The molecule has 1 aromatic heterocycles. The first kappa shape index (κ1) is 10.2. The van der Waals surface area contributed by atoms with Crippen molar-refractivity contribution in [3.05, 3.63) is 35.0 Å². The van der Waals surface area contributed by atoms with Gasteiger partial charge in [-0.2, -0.15) is 0 Å². The molecule has 2 aromatic rings. The Kier molecular flexibility index (Phi) is 2.73. The van der Waals surface area contributed by atoms with Gasteiger partial charge in [-0.05, 0) is 31.5 Å². The van der Waals surface area contributed by atoms with E-state index >= 15 is 0 Å². The van der Waals surface area contributed by atoms with Gasteiger partial charge in [0.1, 0.15) is 0 Å². The van der Waals surface area contributed by atoms with E-state index in [-0.39, 0.29) is 0 Å². The van der Waals surface area contributed by atoms with Gasteiger partial charge in [0.15, 0.2) is 0 Å². The summed E-state index contributed by atoms with van der Waals surface area (Å²) in [5, 5.41) is 4.24. The number of anilines is 1. The minimum atomic E-state index is 1.12. The van der Waals surface area contributed by atoms with Crippen molar-refractivity contribution < 1.29 is 0 Å². The molecule has 0 amide bonds. The summed E-state index contributed by atoms with van der Waals surface area (Å²) in [5.41, 5.74) is 3.50. The number of aryl methyl sites for hydroxylation is 2. The maximum absolute atomic E-state index is 4.43. The number of aromatic nitrogens is 1. The lowest BCUT2D eigenvalue weighted by molar-refractivity contribution is 1.20. The van der Waals surface area contributed by atoms with Crippen LogP contribution in [0.5, 0.6) is 0 Å². The molecule has 15 heavy (non-hydrogen) atoms. The third-order valence-electron chi connectivity index (χ3n) is 2.34. The van der Waals surface area contributed by atoms with E-state index in [9.17, 15) is 0 Å². The maximum Gasteiger partial charge on any atom is 0.0903 e. The Morgan fingerprint density at radius 3 is 2.27 bits per heavy atom. The van der Waals surface area contributed by atoms with Crippen LogP contribution in [-0.2, 0) is 0 Å². The van der Waals surface area contributed by atoms with Crippen LogP contribution in [-0.4, -0.2) is 12.0 Å². The van der Waals surface area contributed by atoms with Crippen LogP contribution in [0.15, 0.2) is 24.3 Å². The fourth-order valence-corrected chi connectivity index (χ4v) is 2.51. The molecule has 1 heterocycles. The van der Waals surface area contributed by atoms with E-state index in [1.54, 1.807) is 11.3 Å². The van der Waals surface area contributed by atoms with Gasteiger partial charge in [0.25, 0.3) is 0 Å². The zero-order valence-corrected chi connectivity index (χ0v) is 9.98. The van der Waals surface area contributed by atoms with Crippen LogP contribution in [0.1, 0.15) is 10.7 Å². The lowest BCUT2D eigenvalue weighted by atomic mass is 10.1. The molecule has 0 atom stereocenters. The standard InChI is InChI=1S/C12H14N2S/c1-8-12(15-9(2)14-8)10-4-6-11(13-3)7-5-10/h4-7,13H,1-3H3. The molecule has 0 aliphatic rings. The molecule has 0 aliphatic carbocycles. The first-order valence-electron chi connectivity index (χ1n) is 4.93. The van der Waals surface area contributed by atoms with Crippen LogP contribution in [0.25, 0.3) is 10.4 Å². The molecular weight excluding hydrogens is 204 g/mol. The number of nitrogens with one attached hydrogen (secondary N) is 1. The van der Waals surface area contributed by atoms with Gasteiger partial charge in [-0.25, -0.2) is 4.98 Å². The third-order valence-corrected chi connectivity index (χ3v) is 3.46. The second-order valence-electron chi connectivity index (χ2n) is 3.47. The molecular formula is C12H14N2S. The van der Waals surface area contributed by atoms with Gasteiger partial charge in [-0.15, -0.1) is 11.3 Å². The molecule has 0 spiro atoms. The normalized spacial score (nSPS) is 10.3. The van der Waals surface area contributed by atoms with Crippen molar-refractivity contribution >= 4 is 17.0 Å². The van der Waals surface area contributed by atoms with Gasteiger partial charge in [0.05, 0.1) is 15.6 Å². The number of hydrogen-bond acceptors (Lipinski definition) is 3. The van der Waals surface area contributed by atoms with Gasteiger partial charge in [0, 0.05) is 12.7 Å². The Morgan fingerprint density at radius 1 is 1.13 bits per heavy atom. The van der Waals surface area contributed by atoms with E-state index in [4.69, 9.17) is 0 Å². The number of nitrogens with zero attached hydrogens (tertiary/aromatic N) is 1. The summed E-state index contributed by atoms with van der Waals surface area (Å²) >= 11 is 1.75. The molecule has 1 N–H and O–H groups in total. The predicted octanol–water partition coefficient (Wildman–Crippen LogP) is 3.47. The highest BCUT2D eigenvalue weighted by Crippen LogP contribution is 2.30.